The maximum atomic E-state index is 11.9. The van der Waals surface area contributed by atoms with Gasteiger partial charge in [0.2, 0.25) is 0 Å². The number of carbonyl (C=O) groups excluding carboxylic acids is 1. The number of carboxylic acids is 1. The number of ether oxygens (including phenoxy) is 1. The molecule has 1 fully saturated rings. The summed E-state index contributed by atoms with van der Waals surface area (Å²) in [7, 11) is 1.55. The Hall–Kier alpha value is -0.900. The van der Waals surface area contributed by atoms with Crippen molar-refractivity contribution in [2.24, 2.45) is 0 Å². The highest BCUT2D eigenvalue weighted by molar-refractivity contribution is 5.89. The average molecular weight is 214 g/mol. The second kappa shape index (κ2) is 5.26. The molecule has 4 heteroatoms. The standard InChI is InChI=1S/C11H18O4/c1-15-11(7-3-2-4-8-11)9(12)5-6-10(13)14/h2-8H2,1H3,(H,13,14). The zero-order valence-electron chi connectivity index (χ0n) is 9.12. The average Bonchev–Trinajstić information content (AvgIpc) is 2.26. The quantitative estimate of drug-likeness (QED) is 0.757. The minimum atomic E-state index is -0.926. The van der Waals surface area contributed by atoms with Crippen LogP contribution in [0.1, 0.15) is 44.9 Å². The predicted octanol–water partition coefficient (Wildman–Crippen LogP) is 1.77. The number of aliphatic carboxylic acids is 1. The zero-order valence-corrected chi connectivity index (χ0v) is 9.12. The number of carboxylic acid groups (broad SMARTS) is 1. The van der Waals surface area contributed by atoms with Gasteiger partial charge in [0.15, 0.2) is 5.78 Å². The summed E-state index contributed by atoms with van der Waals surface area (Å²) in [5.74, 6) is -0.975. The maximum absolute atomic E-state index is 11.9. The van der Waals surface area contributed by atoms with Crippen molar-refractivity contribution in [3.63, 3.8) is 0 Å². The highest BCUT2D eigenvalue weighted by Crippen LogP contribution is 2.33. The fourth-order valence-electron chi connectivity index (χ4n) is 2.17. The second-order valence-electron chi connectivity index (χ2n) is 4.08. The molecule has 86 valence electrons. The molecule has 0 aromatic carbocycles. The highest BCUT2D eigenvalue weighted by Gasteiger charge is 2.38. The Balaban J connectivity index is 2.55. The van der Waals surface area contributed by atoms with Crippen LogP contribution in [0, 0.1) is 0 Å². The molecule has 1 rings (SSSR count). The number of ketones is 1. The summed E-state index contributed by atoms with van der Waals surface area (Å²) in [6, 6.07) is 0. The number of carbonyl (C=O) groups is 2. The van der Waals surface area contributed by atoms with E-state index in [0.717, 1.165) is 32.1 Å². The van der Waals surface area contributed by atoms with Crippen LogP contribution in [-0.4, -0.2) is 29.6 Å². The van der Waals surface area contributed by atoms with E-state index >= 15 is 0 Å². The largest absolute Gasteiger partial charge is 0.481 e. The minimum Gasteiger partial charge on any atom is -0.481 e. The number of hydrogen-bond acceptors (Lipinski definition) is 3. The van der Waals surface area contributed by atoms with Gasteiger partial charge in [-0.15, -0.1) is 0 Å². The van der Waals surface area contributed by atoms with Gasteiger partial charge in [-0.1, -0.05) is 19.3 Å². The van der Waals surface area contributed by atoms with Gasteiger partial charge in [0.05, 0.1) is 6.42 Å². The van der Waals surface area contributed by atoms with Crippen molar-refractivity contribution in [1.29, 1.82) is 0 Å². The van der Waals surface area contributed by atoms with Gasteiger partial charge in [-0.05, 0) is 12.8 Å². The van der Waals surface area contributed by atoms with E-state index in [1.807, 2.05) is 0 Å². The van der Waals surface area contributed by atoms with Gasteiger partial charge in [0.25, 0.3) is 0 Å². The predicted molar refractivity (Wildman–Crippen MR) is 54.7 cm³/mol. The molecule has 1 N–H and O–H groups in total. The van der Waals surface area contributed by atoms with Crippen molar-refractivity contribution in [1.82, 2.24) is 0 Å². The van der Waals surface area contributed by atoms with Crippen LogP contribution in [0.3, 0.4) is 0 Å². The second-order valence-corrected chi connectivity index (χ2v) is 4.08. The van der Waals surface area contributed by atoms with E-state index in [4.69, 9.17) is 9.84 Å². The van der Waals surface area contributed by atoms with Crippen LogP contribution in [-0.2, 0) is 14.3 Å². The lowest BCUT2D eigenvalue weighted by molar-refractivity contribution is -0.148. The molecule has 0 aliphatic heterocycles. The molecule has 0 amide bonds. The van der Waals surface area contributed by atoms with Gasteiger partial charge in [-0.2, -0.15) is 0 Å². The van der Waals surface area contributed by atoms with Crippen LogP contribution in [0.2, 0.25) is 0 Å². The molecule has 0 spiro atoms. The lowest BCUT2D eigenvalue weighted by Gasteiger charge is -2.34. The van der Waals surface area contributed by atoms with Crippen LogP contribution >= 0.6 is 0 Å². The van der Waals surface area contributed by atoms with E-state index in [9.17, 15) is 9.59 Å². The summed E-state index contributed by atoms with van der Waals surface area (Å²) < 4.78 is 5.33. The van der Waals surface area contributed by atoms with Crippen molar-refractivity contribution < 1.29 is 19.4 Å². The van der Waals surface area contributed by atoms with E-state index in [0.29, 0.717) is 0 Å². The highest BCUT2D eigenvalue weighted by atomic mass is 16.5. The smallest absolute Gasteiger partial charge is 0.303 e. The lowest BCUT2D eigenvalue weighted by Crippen LogP contribution is -2.42. The number of rotatable bonds is 5. The topological polar surface area (TPSA) is 63.6 Å². The third-order valence-corrected chi connectivity index (χ3v) is 3.13. The molecule has 1 saturated carbocycles. The molecule has 15 heavy (non-hydrogen) atoms. The van der Waals surface area contributed by atoms with E-state index in [-0.39, 0.29) is 18.6 Å². The summed E-state index contributed by atoms with van der Waals surface area (Å²) in [5, 5.41) is 8.52. The first-order valence-corrected chi connectivity index (χ1v) is 5.41. The van der Waals surface area contributed by atoms with Gasteiger partial charge in [-0.25, -0.2) is 0 Å². The van der Waals surface area contributed by atoms with E-state index in [1.165, 1.54) is 0 Å². The minimum absolute atomic E-state index is 0.0490. The third-order valence-electron chi connectivity index (χ3n) is 3.13. The molecule has 0 saturated heterocycles. The fourth-order valence-corrected chi connectivity index (χ4v) is 2.17. The van der Waals surface area contributed by atoms with Gasteiger partial charge in [-0.3, -0.25) is 9.59 Å². The van der Waals surface area contributed by atoms with Gasteiger partial charge in [0.1, 0.15) is 5.60 Å². The van der Waals surface area contributed by atoms with Crippen molar-refractivity contribution in [2.45, 2.75) is 50.5 Å². The molecule has 4 nitrogen and oxygen atoms in total. The van der Waals surface area contributed by atoms with Crippen LogP contribution in [0.5, 0.6) is 0 Å². The molecular weight excluding hydrogens is 196 g/mol. The summed E-state index contributed by atoms with van der Waals surface area (Å²) in [6.07, 6.45) is 4.59. The normalized spacial score (nSPS) is 19.8. The monoisotopic (exact) mass is 214 g/mol. The van der Waals surface area contributed by atoms with Gasteiger partial charge in [0, 0.05) is 13.5 Å². The number of Topliss-reactive ketones (excluding diaryl/α,β-unsaturated/α-hetero) is 1. The lowest BCUT2D eigenvalue weighted by atomic mass is 9.80. The molecule has 0 heterocycles. The van der Waals surface area contributed by atoms with Crippen LogP contribution in [0.4, 0.5) is 0 Å². The van der Waals surface area contributed by atoms with E-state index in [2.05, 4.69) is 0 Å². The summed E-state index contributed by atoms with van der Waals surface area (Å²) >= 11 is 0. The first-order valence-electron chi connectivity index (χ1n) is 5.41. The van der Waals surface area contributed by atoms with Crippen LogP contribution in [0.15, 0.2) is 0 Å². The fraction of sp³-hybridized carbons (Fsp3) is 0.818. The van der Waals surface area contributed by atoms with E-state index in [1.54, 1.807) is 7.11 Å². The Bertz CT molecular complexity index is 241. The molecule has 0 aromatic rings. The van der Waals surface area contributed by atoms with Crippen molar-refractivity contribution in [3.8, 4) is 0 Å². The Labute approximate surface area is 89.6 Å². The molecule has 0 bridgehead atoms. The molecule has 0 atom stereocenters. The molecule has 1 aliphatic rings. The summed E-state index contributed by atoms with van der Waals surface area (Å²) in [4.78, 5) is 22.3. The first kappa shape index (κ1) is 12.2. The Morgan fingerprint density at radius 2 is 1.80 bits per heavy atom. The zero-order chi connectivity index (χ0) is 11.3. The van der Waals surface area contributed by atoms with Crippen molar-refractivity contribution in [2.75, 3.05) is 7.11 Å². The number of hydrogen-bond donors (Lipinski definition) is 1. The first-order chi connectivity index (χ1) is 7.10. The molecule has 0 aromatic heterocycles. The Morgan fingerprint density at radius 1 is 1.20 bits per heavy atom. The van der Waals surface area contributed by atoms with Crippen molar-refractivity contribution >= 4 is 11.8 Å². The van der Waals surface area contributed by atoms with Crippen molar-refractivity contribution in [3.05, 3.63) is 0 Å². The Kier molecular flexibility index (Phi) is 4.27. The molecule has 1 aliphatic carbocycles. The molecule has 0 radical (unpaired) electrons. The van der Waals surface area contributed by atoms with E-state index < -0.39 is 11.6 Å². The van der Waals surface area contributed by atoms with Gasteiger partial charge < -0.3 is 9.84 Å². The molecular formula is C11H18O4. The third kappa shape index (κ3) is 3.02. The van der Waals surface area contributed by atoms with Crippen LogP contribution in [0.25, 0.3) is 0 Å². The summed E-state index contributed by atoms with van der Waals surface area (Å²) in [5.41, 5.74) is -0.687. The van der Waals surface area contributed by atoms with Gasteiger partial charge >= 0.3 is 5.97 Å². The van der Waals surface area contributed by atoms with Crippen LogP contribution < -0.4 is 0 Å². The Morgan fingerprint density at radius 3 is 2.27 bits per heavy atom. The molecule has 0 unspecified atom stereocenters. The maximum Gasteiger partial charge on any atom is 0.303 e. The SMILES string of the molecule is COC1(C(=O)CCC(=O)O)CCCCC1. The summed E-state index contributed by atoms with van der Waals surface area (Å²) in [6.45, 7) is 0. The number of methoxy groups -OCH3 is 1.